The first-order valence-electron chi connectivity index (χ1n) is 6.13. The average Bonchev–Trinajstić information content (AvgIpc) is 2.47. The molecule has 0 spiro atoms. The van der Waals surface area contributed by atoms with Crippen molar-refractivity contribution < 1.29 is 4.79 Å². The maximum atomic E-state index is 11.5. The summed E-state index contributed by atoms with van der Waals surface area (Å²) < 4.78 is 0. The normalized spacial score (nSPS) is 17.2. The minimum atomic E-state index is 0.153. The highest BCUT2D eigenvalue weighted by atomic mass is 16.1. The molecule has 1 aromatic carbocycles. The second-order valence-electron chi connectivity index (χ2n) is 4.63. The van der Waals surface area contributed by atoms with Crippen LogP contribution in [0.15, 0.2) is 18.2 Å². The van der Waals surface area contributed by atoms with Crippen molar-refractivity contribution in [1.82, 2.24) is 0 Å². The quantitative estimate of drug-likeness (QED) is 0.807. The molecule has 0 saturated carbocycles. The molecule has 1 aromatic rings. The highest BCUT2D eigenvalue weighted by Gasteiger charge is 2.14. The third-order valence-electron chi connectivity index (χ3n) is 3.44. The largest absolute Gasteiger partial charge is 0.326 e. The second-order valence-corrected chi connectivity index (χ2v) is 4.63. The lowest BCUT2D eigenvalue weighted by Crippen LogP contribution is -2.09. The molecule has 1 unspecified atom stereocenters. The molecule has 1 amide bonds. The van der Waals surface area contributed by atoms with Gasteiger partial charge in [-0.1, -0.05) is 26.0 Å². The van der Waals surface area contributed by atoms with E-state index in [9.17, 15) is 4.79 Å². The van der Waals surface area contributed by atoms with Crippen LogP contribution in [-0.4, -0.2) is 5.91 Å². The van der Waals surface area contributed by atoms with Crippen molar-refractivity contribution in [2.75, 3.05) is 5.32 Å². The molecule has 2 heteroatoms. The number of anilines is 1. The Morgan fingerprint density at radius 3 is 2.94 bits per heavy atom. The van der Waals surface area contributed by atoms with Crippen molar-refractivity contribution in [3.8, 4) is 0 Å². The molecule has 0 aromatic heterocycles. The van der Waals surface area contributed by atoms with Gasteiger partial charge >= 0.3 is 0 Å². The molecule has 0 bridgehead atoms. The highest BCUT2D eigenvalue weighted by Crippen LogP contribution is 2.27. The van der Waals surface area contributed by atoms with Crippen LogP contribution in [0.2, 0.25) is 0 Å². The number of rotatable bonds is 2. The maximum Gasteiger partial charge on any atom is 0.224 e. The van der Waals surface area contributed by atoms with Crippen molar-refractivity contribution >= 4 is 11.6 Å². The Balaban J connectivity index is 2.32. The second kappa shape index (κ2) is 4.69. The van der Waals surface area contributed by atoms with Gasteiger partial charge in [0.1, 0.15) is 0 Å². The van der Waals surface area contributed by atoms with Gasteiger partial charge in [-0.2, -0.15) is 0 Å². The fourth-order valence-electron chi connectivity index (χ4n) is 2.12. The molecule has 1 heterocycles. The van der Waals surface area contributed by atoms with E-state index in [4.69, 9.17) is 0 Å². The first-order valence-corrected chi connectivity index (χ1v) is 6.13. The number of carbonyl (C=O) groups is 1. The summed E-state index contributed by atoms with van der Waals surface area (Å²) in [5.74, 6) is 0.713. The zero-order valence-corrected chi connectivity index (χ0v) is 10.0. The monoisotopic (exact) mass is 217 g/mol. The molecule has 0 aliphatic carbocycles. The van der Waals surface area contributed by atoms with Gasteiger partial charge in [-0.25, -0.2) is 0 Å². The molecular weight excluding hydrogens is 198 g/mol. The minimum absolute atomic E-state index is 0.153. The summed E-state index contributed by atoms with van der Waals surface area (Å²) in [5.41, 5.74) is 3.63. The van der Waals surface area contributed by atoms with Crippen molar-refractivity contribution in [2.24, 2.45) is 0 Å². The van der Waals surface area contributed by atoms with E-state index in [2.05, 4.69) is 37.4 Å². The number of carbonyl (C=O) groups excluding carboxylic acids is 1. The predicted octanol–water partition coefficient (Wildman–Crippen LogP) is 3.47. The molecule has 1 atom stereocenters. The third kappa shape index (κ3) is 2.26. The Bertz CT molecular complexity index is 398. The van der Waals surface area contributed by atoms with E-state index in [1.165, 1.54) is 11.1 Å². The molecule has 1 aliphatic heterocycles. The van der Waals surface area contributed by atoms with Crippen LogP contribution in [0.5, 0.6) is 0 Å². The summed E-state index contributed by atoms with van der Waals surface area (Å²) in [6.45, 7) is 4.41. The third-order valence-corrected chi connectivity index (χ3v) is 3.44. The number of amides is 1. The molecule has 1 aliphatic rings. The molecule has 1 N–H and O–H groups in total. The van der Waals surface area contributed by atoms with Gasteiger partial charge in [-0.3, -0.25) is 4.79 Å². The first-order chi connectivity index (χ1) is 7.70. The van der Waals surface area contributed by atoms with E-state index in [1.54, 1.807) is 0 Å². The van der Waals surface area contributed by atoms with Crippen molar-refractivity contribution in [1.29, 1.82) is 0 Å². The summed E-state index contributed by atoms with van der Waals surface area (Å²) in [4.78, 5) is 11.5. The summed E-state index contributed by atoms with van der Waals surface area (Å²) in [6, 6.07) is 6.51. The molecule has 2 rings (SSSR count). The van der Waals surface area contributed by atoms with E-state index >= 15 is 0 Å². The number of aryl methyl sites for hydroxylation is 1. The van der Waals surface area contributed by atoms with E-state index in [1.807, 2.05) is 0 Å². The lowest BCUT2D eigenvalue weighted by molar-refractivity contribution is -0.116. The van der Waals surface area contributed by atoms with E-state index in [-0.39, 0.29) is 5.91 Å². The Morgan fingerprint density at radius 1 is 1.38 bits per heavy atom. The van der Waals surface area contributed by atoms with Crippen molar-refractivity contribution in [3.63, 3.8) is 0 Å². The molecular formula is C14H19NO. The number of fused-ring (bicyclic) bond motifs is 1. The van der Waals surface area contributed by atoms with Crippen molar-refractivity contribution in [2.45, 2.75) is 45.4 Å². The molecule has 0 radical (unpaired) electrons. The first kappa shape index (κ1) is 11.2. The van der Waals surface area contributed by atoms with Gasteiger partial charge in [-0.15, -0.1) is 0 Å². The fourth-order valence-corrected chi connectivity index (χ4v) is 2.12. The Morgan fingerprint density at radius 2 is 2.19 bits per heavy atom. The Hall–Kier alpha value is -1.31. The summed E-state index contributed by atoms with van der Waals surface area (Å²) >= 11 is 0. The predicted molar refractivity (Wildman–Crippen MR) is 66.7 cm³/mol. The lowest BCUT2D eigenvalue weighted by atomic mass is 9.95. The van der Waals surface area contributed by atoms with E-state index in [0.29, 0.717) is 12.3 Å². The van der Waals surface area contributed by atoms with Gasteiger partial charge < -0.3 is 5.32 Å². The van der Waals surface area contributed by atoms with Crippen LogP contribution in [0.4, 0.5) is 5.69 Å². The molecule has 0 saturated heterocycles. The van der Waals surface area contributed by atoms with Gasteiger partial charge in [0, 0.05) is 12.1 Å². The van der Waals surface area contributed by atoms with Gasteiger partial charge in [0.15, 0.2) is 0 Å². The van der Waals surface area contributed by atoms with Crippen LogP contribution in [0.1, 0.15) is 50.2 Å². The number of hydrogen-bond acceptors (Lipinski definition) is 1. The average molecular weight is 217 g/mol. The van der Waals surface area contributed by atoms with Gasteiger partial charge in [0.25, 0.3) is 0 Å². The van der Waals surface area contributed by atoms with Crippen LogP contribution in [0.3, 0.4) is 0 Å². The fraction of sp³-hybridized carbons (Fsp3) is 0.500. The summed E-state index contributed by atoms with van der Waals surface area (Å²) in [5, 5.41) is 3.00. The zero-order valence-electron chi connectivity index (χ0n) is 10.0. The van der Waals surface area contributed by atoms with Gasteiger partial charge in [-0.05, 0) is 42.4 Å². The molecule has 86 valence electrons. The van der Waals surface area contributed by atoms with E-state index < -0.39 is 0 Å². The Labute approximate surface area is 97.1 Å². The van der Waals surface area contributed by atoms with Crippen LogP contribution in [0, 0.1) is 0 Å². The van der Waals surface area contributed by atoms with Crippen LogP contribution < -0.4 is 5.32 Å². The summed E-state index contributed by atoms with van der Waals surface area (Å²) in [7, 11) is 0. The van der Waals surface area contributed by atoms with Gasteiger partial charge in [0.2, 0.25) is 5.91 Å². The minimum Gasteiger partial charge on any atom is -0.326 e. The number of nitrogens with one attached hydrogen (secondary N) is 1. The SMILES string of the molecule is CCC(C)c1ccc2c(c1)NC(=O)CCC2. The number of hydrogen-bond donors (Lipinski definition) is 1. The molecule has 0 fully saturated rings. The molecule has 2 nitrogen and oxygen atoms in total. The highest BCUT2D eigenvalue weighted by molar-refractivity contribution is 5.92. The van der Waals surface area contributed by atoms with Gasteiger partial charge in [0.05, 0.1) is 0 Å². The van der Waals surface area contributed by atoms with Crippen molar-refractivity contribution in [3.05, 3.63) is 29.3 Å². The maximum absolute atomic E-state index is 11.5. The molecule has 16 heavy (non-hydrogen) atoms. The lowest BCUT2D eigenvalue weighted by Gasteiger charge is -2.13. The van der Waals surface area contributed by atoms with Crippen LogP contribution in [-0.2, 0) is 11.2 Å². The smallest absolute Gasteiger partial charge is 0.224 e. The summed E-state index contributed by atoms with van der Waals surface area (Å²) in [6.07, 6.45) is 3.75. The Kier molecular flexibility index (Phi) is 3.28. The van der Waals surface area contributed by atoms with Crippen LogP contribution >= 0.6 is 0 Å². The zero-order chi connectivity index (χ0) is 11.5. The number of benzene rings is 1. The van der Waals surface area contributed by atoms with E-state index in [0.717, 1.165) is 24.9 Å². The van der Waals surface area contributed by atoms with Crippen LogP contribution in [0.25, 0.3) is 0 Å². The topological polar surface area (TPSA) is 29.1 Å². The standard InChI is InChI=1S/C14H19NO/c1-3-10(2)12-8-7-11-5-4-6-14(16)15-13(11)9-12/h7-10H,3-6H2,1-2H3,(H,15,16).